The maximum Gasteiger partial charge on any atom is 0.323 e. The Bertz CT molecular complexity index is 390. The molecule has 2 unspecified atom stereocenters. The molecule has 0 aromatic rings. The summed E-state index contributed by atoms with van der Waals surface area (Å²) in [6.45, 7) is 2.01. The number of urea groups is 1. The average Bonchev–Trinajstić information content (AvgIpc) is 2.67. The quantitative estimate of drug-likeness (QED) is 0.581. The van der Waals surface area contributed by atoms with Crippen LogP contribution in [0.25, 0.3) is 0 Å². The number of nitrogens with zero attached hydrogens (tertiary/aromatic N) is 1. The highest BCUT2D eigenvalue weighted by Crippen LogP contribution is 2.48. The Balaban J connectivity index is 2.11. The predicted octanol–water partition coefficient (Wildman–Crippen LogP) is 0.616. The minimum atomic E-state index is -0.399. The van der Waals surface area contributed by atoms with Crippen molar-refractivity contribution in [3.63, 3.8) is 0 Å². The van der Waals surface area contributed by atoms with Gasteiger partial charge < -0.3 is 15.2 Å². The Morgan fingerprint density at radius 1 is 1.47 bits per heavy atom. The van der Waals surface area contributed by atoms with E-state index in [1.165, 1.54) is 24.2 Å². The van der Waals surface area contributed by atoms with E-state index in [1.54, 1.807) is 0 Å². The Morgan fingerprint density at radius 3 is 2.68 bits per heavy atom. The monoisotopic (exact) mass is 268 g/mol. The van der Waals surface area contributed by atoms with E-state index in [2.05, 4.69) is 5.32 Å². The third-order valence-electron chi connectivity index (χ3n) is 3.81. The summed E-state index contributed by atoms with van der Waals surface area (Å²) in [6, 6.07) is -0.313. The zero-order valence-corrected chi connectivity index (χ0v) is 11.2. The lowest BCUT2D eigenvalue weighted by Crippen LogP contribution is -2.49. The van der Waals surface area contributed by atoms with Gasteiger partial charge in [0.05, 0.1) is 11.7 Å². The normalized spacial score (nSPS) is 37.3. The van der Waals surface area contributed by atoms with E-state index >= 15 is 0 Å². The van der Waals surface area contributed by atoms with Gasteiger partial charge in [-0.1, -0.05) is 6.92 Å². The number of allylic oxidation sites excluding steroid dienone is 1. The van der Waals surface area contributed by atoms with Crippen LogP contribution in [0.4, 0.5) is 4.79 Å². The lowest BCUT2D eigenvalue weighted by atomic mass is 9.74. The molecule has 19 heavy (non-hydrogen) atoms. The van der Waals surface area contributed by atoms with Gasteiger partial charge in [0.1, 0.15) is 12.5 Å². The van der Waals surface area contributed by atoms with Crippen molar-refractivity contribution in [2.75, 3.05) is 7.05 Å². The van der Waals surface area contributed by atoms with E-state index < -0.39 is 6.23 Å². The molecule has 0 bridgehead atoms. The van der Waals surface area contributed by atoms with Crippen molar-refractivity contribution in [1.82, 2.24) is 10.2 Å². The molecule has 1 saturated carbocycles. The van der Waals surface area contributed by atoms with Gasteiger partial charge in [-0.15, -0.1) is 0 Å². The zero-order valence-electron chi connectivity index (χ0n) is 11.2. The summed E-state index contributed by atoms with van der Waals surface area (Å²) >= 11 is 0. The first kappa shape index (κ1) is 14.0. The van der Waals surface area contributed by atoms with Crippen molar-refractivity contribution in [3.8, 4) is 0 Å². The van der Waals surface area contributed by atoms with Crippen molar-refractivity contribution in [1.29, 1.82) is 0 Å². The molecule has 2 fully saturated rings. The fourth-order valence-corrected chi connectivity index (χ4v) is 3.03. The molecule has 2 amide bonds. The predicted molar refractivity (Wildman–Crippen MR) is 68.1 cm³/mol. The van der Waals surface area contributed by atoms with E-state index in [1.807, 2.05) is 6.92 Å². The first-order chi connectivity index (χ1) is 9.01. The summed E-state index contributed by atoms with van der Waals surface area (Å²) in [5.74, 6) is 0.154. The molecule has 0 radical (unpaired) electrons. The second-order valence-corrected chi connectivity index (χ2v) is 5.37. The van der Waals surface area contributed by atoms with Gasteiger partial charge in [-0.3, -0.25) is 9.69 Å². The number of carbonyl (C=O) groups excluding carboxylic acids is 2. The third-order valence-corrected chi connectivity index (χ3v) is 3.81. The number of aliphatic hydroxyl groups excluding tert-OH is 1. The largest absolute Gasteiger partial charge is 0.393 e. The van der Waals surface area contributed by atoms with Crippen LogP contribution in [0.3, 0.4) is 0 Å². The fraction of sp³-hybridized carbons (Fsp3) is 0.692. The smallest absolute Gasteiger partial charge is 0.323 e. The maximum absolute atomic E-state index is 11.9. The first-order valence-corrected chi connectivity index (χ1v) is 6.49. The molecule has 0 aromatic carbocycles. The van der Waals surface area contributed by atoms with E-state index in [0.717, 1.165) is 6.42 Å². The summed E-state index contributed by atoms with van der Waals surface area (Å²) in [4.78, 5) is 23.7. The van der Waals surface area contributed by atoms with Crippen LogP contribution in [0, 0.1) is 5.92 Å². The molecule has 6 heteroatoms. The van der Waals surface area contributed by atoms with Crippen LogP contribution in [-0.2, 0) is 9.53 Å². The Kier molecular flexibility index (Phi) is 3.91. The van der Waals surface area contributed by atoms with Crippen LogP contribution in [0.1, 0.15) is 26.2 Å². The first-order valence-electron chi connectivity index (χ1n) is 6.49. The van der Waals surface area contributed by atoms with Crippen LogP contribution >= 0.6 is 0 Å². The Hall–Kier alpha value is -1.40. The van der Waals surface area contributed by atoms with E-state index in [-0.39, 0.29) is 23.7 Å². The number of nitrogens with one attached hydrogen (secondary N) is 1. The summed E-state index contributed by atoms with van der Waals surface area (Å²) < 4.78 is 5.99. The minimum absolute atomic E-state index is 0.154. The van der Waals surface area contributed by atoms with Gasteiger partial charge in [-0.25, -0.2) is 4.79 Å². The summed E-state index contributed by atoms with van der Waals surface area (Å²) in [5.41, 5.74) is -0.301. The number of amides is 2. The van der Waals surface area contributed by atoms with Gasteiger partial charge >= 0.3 is 6.03 Å². The Morgan fingerprint density at radius 2 is 2.16 bits per heavy atom. The van der Waals surface area contributed by atoms with Crippen molar-refractivity contribution in [2.45, 2.75) is 44.1 Å². The van der Waals surface area contributed by atoms with Gasteiger partial charge in [0.15, 0.2) is 0 Å². The second kappa shape index (κ2) is 5.30. The lowest BCUT2D eigenvalue weighted by molar-refractivity contribution is -0.165. The molecular formula is C13H20N2O4. The minimum Gasteiger partial charge on any atom is -0.393 e. The molecule has 1 heterocycles. The standard InChI is InChI=1S/C13H20N2O4/c1-9-6-13(7-10(17)8-13)19-11(9)15(4-3-5-16)12(18)14-2/h3-5,9-11,17H,6-8H2,1-2H3,(H,14,18)/b4-3-/t9?,10-,11?,13+. The van der Waals surface area contributed by atoms with Gasteiger partial charge in [-0.2, -0.15) is 0 Å². The zero-order chi connectivity index (χ0) is 14.0. The van der Waals surface area contributed by atoms with Crippen LogP contribution in [0.15, 0.2) is 12.3 Å². The third kappa shape index (κ3) is 2.64. The second-order valence-electron chi connectivity index (χ2n) is 5.37. The molecule has 0 aromatic heterocycles. The molecule has 2 rings (SSSR count). The SMILES string of the molecule is CNC(=O)N(/C=C\C=O)C1O[C@]2(CC1C)C[C@H](O)C2. The molecule has 1 saturated heterocycles. The van der Waals surface area contributed by atoms with E-state index in [4.69, 9.17) is 4.74 Å². The number of rotatable bonds is 3. The topological polar surface area (TPSA) is 78.9 Å². The number of carbonyl (C=O) groups is 2. The fourth-order valence-electron chi connectivity index (χ4n) is 3.03. The number of ether oxygens (including phenoxy) is 1. The molecule has 2 N–H and O–H groups in total. The number of aliphatic hydroxyl groups is 1. The van der Waals surface area contributed by atoms with Crippen molar-refractivity contribution >= 4 is 12.3 Å². The highest BCUT2D eigenvalue weighted by molar-refractivity contribution is 5.76. The highest BCUT2D eigenvalue weighted by atomic mass is 16.5. The summed E-state index contributed by atoms with van der Waals surface area (Å²) in [6.07, 6.45) is 4.68. The number of hydrogen-bond acceptors (Lipinski definition) is 4. The molecule has 1 spiro atoms. The molecule has 1 aliphatic carbocycles. The van der Waals surface area contributed by atoms with Gasteiger partial charge in [0.2, 0.25) is 0 Å². The molecule has 6 nitrogen and oxygen atoms in total. The lowest BCUT2D eigenvalue weighted by Gasteiger charge is -2.42. The van der Waals surface area contributed by atoms with Crippen molar-refractivity contribution in [2.24, 2.45) is 5.92 Å². The summed E-state index contributed by atoms with van der Waals surface area (Å²) in [5, 5.41) is 12.0. The van der Waals surface area contributed by atoms with E-state index in [0.29, 0.717) is 19.1 Å². The molecule has 2 aliphatic rings. The number of hydrogen-bond donors (Lipinski definition) is 2. The molecule has 1 aliphatic heterocycles. The van der Waals surface area contributed by atoms with Crippen LogP contribution < -0.4 is 5.32 Å². The average molecular weight is 268 g/mol. The highest BCUT2D eigenvalue weighted by Gasteiger charge is 2.54. The number of aldehydes is 1. The van der Waals surface area contributed by atoms with Crippen LogP contribution in [0.2, 0.25) is 0 Å². The van der Waals surface area contributed by atoms with Crippen molar-refractivity contribution < 1.29 is 19.4 Å². The van der Waals surface area contributed by atoms with Gasteiger partial charge in [0, 0.05) is 32.0 Å². The molecular weight excluding hydrogens is 248 g/mol. The van der Waals surface area contributed by atoms with Crippen LogP contribution in [0.5, 0.6) is 0 Å². The van der Waals surface area contributed by atoms with Gasteiger partial charge in [-0.05, 0) is 12.5 Å². The maximum atomic E-state index is 11.9. The Labute approximate surface area is 112 Å². The molecule has 106 valence electrons. The van der Waals surface area contributed by atoms with Crippen molar-refractivity contribution in [3.05, 3.63) is 12.3 Å². The summed E-state index contributed by atoms with van der Waals surface area (Å²) in [7, 11) is 1.53. The van der Waals surface area contributed by atoms with Gasteiger partial charge in [0.25, 0.3) is 0 Å². The molecule has 2 atom stereocenters. The van der Waals surface area contributed by atoms with Crippen LogP contribution in [-0.4, -0.2) is 47.3 Å². The van der Waals surface area contributed by atoms with E-state index in [9.17, 15) is 14.7 Å².